The van der Waals surface area contributed by atoms with Crippen LogP contribution in [0.5, 0.6) is 11.5 Å². The van der Waals surface area contributed by atoms with Crippen LogP contribution in [0.4, 0.5) is 0 Å². The zero-order chi connectivity index (χ0) is 15.2. The van der Waals surface area contributed by atoms with E-state index in [9.17, 15) is 0 Å². The number of benzene rings is 2. The molecule has 0 radical (unpaired) electrons. The minimum absolute atomic E-state index is 0.324. The first-order valence-corrected chi connectivity index (χ1v) is 8.94. The van der Waals surface area contributed by atoms with Crippen molar-refractivity contribution >= 4 is 38.5 Å². The van der Waals surface area contributed by atoms with Gasteiger partial charge >= 0.3 is 0 Å². The normalized spacial score (nSPS) is 12.2. The Hall–Kier alpha value is -0.590. The summed E-state index contributed by atoms with van der Waals surface area (Å²) in [6.45, 7) is 5.37. The van der Waals surface area contributed by atoms with Gasteiger partial charge in [0, 0.05) is 10.5 Å². The molecular weight excluding hydrogens is 441 g/mol. The Morgan fingerprint density at radius 2 is 2.00 bits per heavy atom. The summed E-state index contributed by atoms with van der Waals surface area (Å²) in [6.07, 6.45) is 1.13. The molecule has 1 N–H and O–H groups in total. The lowest BCUT2D eigenvalue weighted by Gasteiger charge is -2.16. The van der Waals surface area contributed by atoms with Gasteiger partial charge in [0.15, 0.2) is 0 Å². The highest BCUT2D eigenvalue weighted by Gasteiger charge is 2.10. The van der Waals surface area contributed by atoms with Gasteiger partial charge in [-0.05, 0) is 72.3 Å². The van der Waals surface area contributed by atoms with Gasteiger partial charge in [0.1, 0.15) is 11.5 Å². The molecule has 2 rings (SSSR count). The van der Waals surface area contributed by atoms with E-state index in [0.29, 0.717) is 6.04 Å². The van der Waals surface area contributed by atoms with Crippen LogP contribution in [0, 0.1) is 3.57 Å². The van der Waals surface area contributed by atoms with E-state index in [1.807, 2.05) is 36.4 Å². The first-order valence-electron chi connectivity index (χ1n) is 7.07. The van der Waals surface area contributed by atoms with Crippen LogP contribution in [-0.4, -0.2) is 6.54 Å². The van der Waals surface area contributed by atoms with Crippen LogP contribution in [0.2, 0.25) is 0 Å². The summed E-state index contributed by atoms with van der Waals surface area (Å²) in [6, 6.07) is 14.5. The summed E-state index contributed by atoms with van der Waals surface area (Å²) in [5, 5.41) is 3.50. The highest BCUT2D eigenvalue weighted by atomic mass is 127. The quantitative estimate of drug-likeness (QED) is 0.542. The summed E-state index contributed by atoms with van der Waals surface area (Å²) in [4.78, 5) is 0. The molecule has 0 aliphatic heterocycles. The number of ether oxygens (including phenoxy) is 1. The van der Waals surface area contributed by atoms with Crippen LogP contribution >= 0.6 is 38.5 Å². The van der Waals surface area contributed by atoms with E-state index in [1.165, 1.54) is 5.56 Å². The van der Waals surface area contributed by atoms with Gasteiger partial charge in [-0.3, -0.25) is 0 Å². The number of hydrogen-bond acceptors (Lipinski definition) is 2. The highest BCUT2D eigenvalue weighted by Crippen LogP contribution is 2.31. The molecular formula is C17H19BrINO. The molecule has 0 saturated carbocycles. The summed E-state index contributed by atoms with van der Waals surface area (Å²) in [7, 11) is 0. The van der Waals surface area contributed by atoms with E-state index in [4.69, 9.17) is 4.74 Å². The van der Waals surface area contributed by atoms with Gasteiger partial charge in [0.25, 0.3) is 0 Å². The Balaban J connectivity index is 2.14. The second kappa shape index (κ2) is 8.15. The Morgan fingerprint density at radius 1 is 1.24 bits per heavy atom. The predicted molar refractivity (Wildman–Crippen MR) is 100 cm³/mol. The van der Waals surface area contributed by atoms with Crippen molar-refractivity contribution in [3.63, 3.8) is 0 Å². The maximum atomic E-state index is 5.95. The fourth-order valence-electron chi connectivity index (χ4n) is 2.05. The number of hydrogen-bond donors (Lipinski definition) is 1. The van der Waals surface area contributed by atoms with Crippen LogP contribution in [0.1, 0.15) is 31.9 Å². The fourth-order valence-corrected chi connectivity index (χ4v) is 3.25. The smallest absolute Gasteiger partial charge is 0.140 e. The van der Waals surface area contributed by atoms with Gasteiger partial charge in [0.2, 0.25) is 0 Å². The van der Waals surface area contributed by atoms with Crippen molar-refractivity contribution in [1.82, 2.24) is 5.32 Å². The zero-order valence-electron chi connectivity index (χ0n) is 12.2. The van der Waals surface area contributed by atoms with Crippen LogP contribution in [0.25, 0.3) is 0 Å². The van der Waals surface area contributed by atoms with Crippen molar-refractivity contribution in [3.8, 4) is 11.5 Å². The lowest BCUT2D eigenvalue weighted by Crippen LogP contribution is -2.19. The molecule has 0 spiro atoms. The van der Waals surface area contributed by atoms with E-state index in [1.54, 1.807) is 0 Å². The highest BCUT2D eigenvalue weighted by molar-refractivity contribution is 14.1. The van der Waals surface area contributed by atoms with Crippen molar-refractivity contribution in [2.45, 2.75) is 26.3 Å². The third-order valence-corrected chi connectivity index (χ3v) is 4.78. The minimum atomic E-state index is 0.324. The van der Waals surface area contributed by atoms with Gasteiger partial charge in [-0.1, -0.05) is 41.1 Å². The lowest BCUT2D eigenvalue weighted by molar-refractivity contribution is 0.478. The van der Waals surface area contributed by atoms with E-state index < -0.39 is 0 Å². The molecule has 112 valence electrons. The molecule has 0 aliphatic carbocycles. The Kier molecular flexibility index (Phi) is 6.51. The number of halogens is 2. The molecule has 21 heavy (non-hydrogen) atoms. The molecule has 1 atom stereocenters. The largest absolute Gasteiger partial charge is 0.456 e. The van der Waals surface area contributed by atoms with Crippen LogP contribution in [0.15, 0.2) is 46.9 Å². The standard InChI is InChI=1S/C17H19BrINO/c1-3-10-20-12(2)14-9-8-13(11-15(14)18)21-17-7-5-4-6-16(17)19/h4-9,11-12,20H,3,10H2,1-2H3. The Bertz CT molecular complexity index is 603. The molecule has 1 unspecified atom stereocenters. The molecule has 0 saturated heterocycles. The Morgan fingerprint density at radius 3 is 2.67 bits per heavy atom. The third-order valence-electron chi connectivity index (χ3n) is 3.20. The van der Waals surface area contributed by atoms with E-state index in [2.05, 4.69) is 63.8 Å². The van der Waals surface area contributed by atoms with Crippen molar-refractivity contribution in [3.05, 3.63) is 56.1 Å². The molecule has 0 amide bonds. The SMILES string of the molecule is CCCNC(C)c1ccc(Oc2ccccc2I)cc1Br. The molecule has 0 fully saturated rings. The molecule has 0 aromatic heterocycles. The van der Waals surface area contributed by atoms with E-state index in [0.717, 1.165) is 32.5 Å². The summed E-state index contributed by atoms with van der Waals surface area (Å²) in [5.41, 5.74) is 1.25. The second-order valence-electron chi connectivity index (χ2n) is 4.89. The monoisotopic (exact) mass is 459 g/mol. The van der Waals surface area contributed by atoms with Crippen LogP contribution in [-0.2, 0) is 0 Å². The zero-order valence-corrected chi connectivity index (χ0v) is 15.9. The van der Waals surface area contributed by atoms with Gasteiger partial charge < -0.3 is 10.1 Å². The van der Waals surface area contributed by atoms with E-state index >= 15 is 0 Å². The summed E-state index contributed by atoms with van der Waals surface area (Å²) < 4.78 is 8.12. The average Bonchev–Trinajstić information content (AvgIpc) is 2.47. The fraction of sp³-hybridized carbons (Fsp3) is 0.294. The van der Waals surface area contributed by atoms with Crippen LogP contribution < -0.4 is 10.1 Å². The first kappa shape index (κ1) is 16.8. The maximum absolute atomic E-state index is 5.95. The first-order chi connectivity index (χ1) is 10.1. The van der Waals surface area contributed by atoms with Gasteiger partial charge in [-0.25, -0.2) is 0 Å². The molecule has 0 bridgehead atoms. The van der Waals surface area contributed by atoms with Crippen molar-refractivity contribution in [1.29, 1.82) is 0 Å². The summed E-state index contributed by atoms with van der Waals surface area (Å²) in [5.74, 6) is 1.73. The number of rotatable bonds is 6. The second-order valence-corrected chi connectivity index (χ2v) is 6.91. The van der Waals surface area contributed by atoms with Crippen molar-refractivity contribution in [2.75, 3.05) is 6.54 Å². The molecule has 0 heterocycles. The molecule has 2 nitrogen and oxygen atoms in total. The van der Waals surface area contributed by atoms with Gasteiger partial charge in [-0.2, -0.15) is 0 Å². The summed E-state index contributed by atoms with van der Waals surface area (Å²) >= 11 is 5.93. The predicted octanol–water partition coefficient (Wildman–Crippen LogP) is 5.91. The number of nitrogens with one attached hydrogen (secondary N) is 1. The minimum Gasteiger partial charge on any atom is -0.456 e. The average molecular weight is 460 g/mol. The van der Waals surface area contributed by atoms with Gasteiger partial charge in [-0.15, -0.1) is 0 Å². The van der Waals surface area contributed by atoms with Crippen LogP contribution in [0.3, 0.4) is 0 Å². The molecule has 4 heteroatoms. The van der Waals surface area contributed by atoms with Crippen molar-refractivity contribution in [2.24, 2.45) is 0 Å². The maximum Gasteiger partial charge on any atom is 0.140 e. The van der Waals surface area contributed by atoms with Gasteiger partial charge in [0.05, 0.1) is 3.57 Å². The topological polar surface area (TPSA) is 21.3 Å². The molecule has 2 aromatic rings. The number of para-hydroxylation sites is 1. The third kappa shape index (κ3) is 4.69. The Labute approximate surface area is 148 Å². The van der Waals surface area contributed by atoms with Crippen molar-refractivity contribution < 1.29 is 4.74 Å². The lowest BCUT2D eigenvalue weighted by atomic mass is 10.1. The van der Waals surface area contributed by atoms with E-state index in [-0.39, 0.29) is 0 Å². The molecule has 2 aromatic carbocycles. The molecule has 0 aliphatic rings.